The van der Waals surface area contributed by atoms with Crippen molar-refractivity contribution in [1.82, 2.24) is 0 Å². The molecular formula is C18H18FNO. The normalized spacial score (nSPS) is 9.90. The lowest BCUT2D eigenvalue weighted by atomic mass is 10.1. The van der Waals surface area contributed by atoms with Crippen LogP contribution in [0, 0.1) is 31.5 Å². The van der Waals surface area contributed by atoms with Crippen LogP contribution in [0.15, 0.2) is 36.4 Å². The molecule has 0 spiro atoms. The first-order valence-electron chi connectivity index (χ1n) is 6.77. The van der Waals surface area contributed by atoms with E-state index in [0.717, 1.165) is 22.3 Å². The highest BCUT2D eigenvalue weighted by molar-refractivity contribution is 5.48. The summed E-state index contributed by atoms with van der Waals surface area (Å²) in [5.74, 6) is 6.26. The standard InChI is InChI=1S/C18H18FNO/c1-13-5-8-18(15(10-13)4-3-9-20)21-12-16-11-17(19)7-6-14(16)2/h5-8,10-11H,9,12,20H2,1-2H3. The number of benzene rings is 2. The van der Waals surface area contributed by atoms with E-state index in [-0.39, 0.29) is 5.82 Å². The van der Waals surface area contributed by atoms with Gasteiger partial charge in [-0.3, -0.25) is 0 Å². The molecule has 0 amide bonds. The molecule has 0 atom stereocenters. The SMILES string of the molecule is Cc1ccc(OCc2cc(F)ccc2C)c(C#CCN)c1. The fourth-order valence-electron chi connectivity index (χ4n) is 1.96. The van der Waals surface area contributed by atoms with Crippen LogP contribution < -0.4 is 10.5 Å². The largest absolute Gasteiger partial charge is 0.488 e. The van der Waals surface area contributed by atoms with Crippen LogP contribution in [0.4, 0.5) is 4.39 Å². The molecule has 3 heteroatoms. The van der Waals surface area contributed by atoms with Crippen molar-refractivity contribution in [2.75, 3.05) is 6.54 Å². The maximum atomic E-state index is 13.3. The van der Waals surface area contributed by atoms with Crippen LogP contribution in [-0.2, 0) is 6.61 Å². The minimum absolute atomic E-state index is 0.258. The zero-order valence-electron chi connectivity index (χ0n) is 12.2. The van der Waals surface area contributed by atoms with Crippen LogP contribution in [0.1, 0.15) is 22.3 Å². The maximum Gasteiger partial charge on any atom is 0.135 e. The third-order valence-electron chi connectivity index (χ3n) is 3.15. The number of ether oxygens (including phenoxy) is 1. The van der Waals surface area contributed by atoms with Crippen molar-refractivity contribution in [1.29, 1.82) is 0 Å². The van der Waals surface area contributed by atoms with Crippen LogP contribution in [0.5, 0.6) is 5.75 Å². The molecule has 2 aromatic rings. The second-order valence-corrected chi connectivity index (χ2v) is 4.86. The smallest absolute Gasteiger partial charge is 0.135 e. The number of nitrogens with two attached hydrogens (primary N) is 1. The fourth-order valence-corrected chi connectivity index (χ4v) is 1.96. The summed E-state index contributed by atoms with van der Waals surface area (Å²) >= 11 is 0. The maximum absolute atomic E-state index is 13.3. The molecule has 0 bridgehead atoms. The Hall–Kier alpha value is -2.31. The first kappa shape index (κ1) is 15.1. The Balaban J connectivity index is 2.21. The number of aryl methyl sites for hydroxylation is 2. The van der Waals surface area contributed by atoms with Gasteiger partial charge in [-0.2, -0.15) is 0 Å². The van der Waals surface area contributed by atoms with Gasteiger partial charge >= 0.3 is 0 Å². The van der Waals surface area contributed by atoms with Crippen molar-refractivity contribution < 1.29 is 9.13 Å². The van der Waals surface area contributed by atoms with Crippen molar-refractivity contribution in [2.24, 2.45) is 5.73 Å². The lowest BCUT2D eigenvalue weighted by Crippen LogP contribution is -2.00. The van der Waals surface area contributed by atoms with Gasteiger partial charge in [0.2, 0.25) is 0 Å². The predicted molar refractivity (Wildman–Crippen MR) is 82.6 cm³/mol. The molecule has 2 N–H and O–H groups in total. The van der Waals surface area contributed by atoms with E-state index in [1.54, 1.807) is 6.07 Å². The van der Waals surface area contributed by atoms with Gasteiger partial charge in [-0.1, -0.05) is 24.0 Å². The molecule has 2 nitrogen and oxygen atoms in total. The third-order valence-corrected chi connectivity index (χ3v) is 3.15. The van der Waals surface area contributed by atoms with E-state index in [2.05, 4.69) is 11.8 Å². The number of halogens is 1. The molecular weight excluding hydrogens is 265 g/mol. The van der Waals surface area contributed by atoms with Gasteiger partial charge in [0.15, 0.2) is 0 Å². The van der Waals surface area contributed by atoms with Crippen molar-refractivity contribution in [2.45, 2.75) is 20.5 Å². The summed E-state index contributed by atoms with van der Waals surface area (Å²) in [6.45, 7) is 4.54. The molecule has 0 fully saturated rings. The third kappa shape index (κ3) is 4.08. The molecule has 0 heterocycles. The number of rotatable bonds is 3. The molecule has 0 aliphatic carbocycles. The predicted octanol–water partition coefficient (Wildman–Crippen LogP) is 3.33. The number of hydrogen-bond acceptors (Lipinski definition) is 2. The van der Waals surface area contributed by atoms with Crippen LogP contribution >= 0.6 is 0 Å². The van der Waals surface area contributed by atoms with E-state index in [0.29, 0.717) is 18.9 Å². The molecule has 108 valence electrons. The second-order valence-electron chi connectivity index (χ2n) is 4.86. The lowest BCUT2D eigenvalue weighted by molar-refractivity contribution is 0.304. The quantitative estimate of drug-likeness (QED) is 0.877. The Bertz CT molecular complexity index is 698. The van der Waals surface area contributed by atoms with Crippen LogP contribution in [0.2, 0.25) is 0 Å². The van der Waals surface area contributed by atoms with E-state index < -0.39 is 0 Å². The average Bonchev–Trinajstić information content (AvgIpc) is 2.47. The van der Waals surface area contributed by atoms with Crippen LogP contribution in [-0.4, -0.2) is 6.54 Å². The summed E-state index contributed by atoms with van der Waals surface area (Å²) in [5, 5.41) is 0. The highest BCUT2D eigenvalue weighted by atomic mass is 19.1. The monoisotopic (exact) mass is 283 g/mol. The van der Waals surface area contributed by atoms with Gasteiger partial charge in [0, 0.05) is 0 Å². The lowest BCUT2D eigenvalue weighted by Gasteiger charge is -2.11. The molecule has 0 aliphatic heterocycles. The van der Waals surface area contributed by atoms with Gasteiger partial charge in [0.25, 0.3) is 0 Å². The molecule has 0 saturated heterocycles. The molecule has 2 rings (SSSR count). The Labute approximate surface area is 124 Å². The fraction of sp³-hybridized carbons (Fsp3) is 0.222. The van der Waals surface area contributed by atoms with Gasteiger partial charge in [-0.05, 0) is 54.8 Å². The zero-order chi connectivity index (χ0) is 15.2. The summed E-state index contributed by atoms with van der Waals surface area (Å²) in [4.78, 5) is 0. The van der Waals surface area contributed by atoms with Crippen molar-refractivity contribution in [3.63, 3.8) is 0 Å². The van der Waals surface area contributed by atoms with Gasteiger partial charge in [-0.25, -0.2) is 4.39 Å². The number of hydrogen-bond donors (Lipinski definition) is 1. The van der Waals surface area contributed by atoms with Crippen molar-refractivity contribution >= 4 is 0 Å². The summed E-state index contributed by atoms with van der Waals surface area (Å²) in [7, 11) is 0. The van der Waals surface area contributed by atoms with Crippen molar-refractivity contribution in [3.05, 3.63) is 64.5 Å². The molecule has 0 radical (unpaired) electrons. The Morgan fingerprint density at radius 3 is 2.71 bits per heavy atom. The molecule has 2 aromatic carbocycles. The molecule has 0 aliphatic rings. The van der Waals surface area contributed by atoms with Gasteiger partial charge in [0.05, 0.1) is 12.1 Å². The highest BCUT2D eigenvalue weighted by Crippen LogP contribution is 2.21. The summed E-state index contributed by atoms with van der Waals surface area (Å²) in [6, 6.07) is 10.5. The molecule has 0 aromatic heterocycles. The molecule has 0 unspecified atom stereocenters. The topological polar surface area (TPSA) is 35.2 Å². The van der Waals surface area contributed by atoms with Crippen LogP contribution in [0.3, 0.4) is 0 Å². The molecule has 21 heavy (non-hydrogen) atoms. The van der Waals surface area contributed by atoms with Gasteiger partial charge in [0.1, 0.15) is 18.2 Å². The Morgan fingerprint density at radius 1 is 1.14 bits per heavy atom. The summed E-state index contributed by atoms with van der Waals surface area (Å²) in [5.41, 5.74) is 9.14. The first-order chi connectivity index (χ1) is 10.1. The van der Waals surface area contributed by atoms with Gasteiger partial charge in [-0.15, -0.1) is 0 Å². The second kappa shape index (κ2) is 6.92. The highest BCUT2D eigenvalue weighted by Gasteiger charge is 2.05. The van der Waals surface area contributed by atoms with Gasteiger partial charge < -0.3 is 10.5 Å². The first-order valence-corrected chi connectivity index (χ1v) is 6.77. The zero-order valence-corrected chi connectivity index (χ0v) is 12.2. The summed E-state index contributed by atoms with van der Waals surface area (Å²) < 4.78 is 19.1. The Kier molecular flexibility index (Phi) is 4.97. The Morgan fingerprint density at radius 2 is 1.95 bits per heavy atom. The van der Waals surface area contributed by atoms with E-state index in [1.807, 2.05) is 32.0 Å². The minimum Gasteiger partial charge on any atom is -0.488 e. The molecule has 0 saturated carbocycles. The van der Waals surface area contributed by atoms with E-state index in [4.69, 9.17) is 10.5 Å². The van der Waals surface area contributed by atoms with E-state index in [9.17, 15) is 4.39 Å². The van der Waals surface area contributed by atoms with E-state index in [1.165, 1.54) is 12.1 Å². The summed E-state index contributed by atoms with van der Waals surface area (Å²) in [6.07, 6.45) is 0. The van der Waals surface area contributed by atoms with Crippen LogP contribution in [0.25, 0.3) is 0 Å². The van der Waals surface area contributed by atoms with E-state index >= 15 is 0 Å². The average molecular weight is 283 g/mol. The van der Waals surface area contributed by atoms with Crippen molar-refractivity contribution in [3.8, 4) is 17.6 Å². The minimum atomic E-state index is -0.258.